The van der Waals surface area contributed by atoms with Crippen molar-refractivity contribution in [2.24, 2.45) is 0 Å². The van der Waals surface area contributed by atoms with E-state index in [1.54, 1.807) is 18.2 Å². The maximum absolute atomic E-state index is 13.3. The van der Waals surface area contributed by atoms with Crippen LogP contribution in [0, 0.1) is 5.82 Å². The van der Waals surface area contributed by atoms with Crippen LogP contribution < -0.4 is 5.32 Å². The van der Waals surface area contributed by atoms with Crippen LogP contribution in [0.1, 0.15) is 17.0 Å². The number of carboxylic acids is 1. The van der Waals surface area contributed by atoms with E-state index in [-0.39, 0.29) is 0 Å². The van der Waals surface area contributed by atoms with Gasteiger partial charge in [-0.1, -0.05) is 18.2 Å². The van der Waals surface area contributed by atoms with E-state index in [4.69, 9.17) is 0 Å². The number of fused-ring (bicyclic) bond motifs is 2. The molecule has 0 bridgehead atoms. The van der Waals surface area contributed by atoms with E-state index in [0.717, 1.165) is 5.69 Å². The maximum atomic E-state index is 13.3. The van der Waals surface area contributed by atoms with Crippen molar-refractivity contribution < 1.29 is 14.3 Å². The quantitative estimate of drug-likeness (QED) is 0.809. The standard InChI is InChI=1S/C14H10FNO2/c15-8-5-6-12-10(7-8)13(14(17)18)9-3-1-2-4-11(9)16-12/h1-7,13,16H,(H,17,18). The van der Waals surface area contributed by atoms with E-state index in [1.165, 1.54) is 12.1 Å². The van der Waals surface area contributed by atoms with Crippen LogP contribution in [0.25, 0.3) is 0 Å². The molecule has 2 N–H and O–H groups in total. The van der Waals surface area contributed by atoms with Crippen molar-refractivity contribution in [1.82, 2.24) is 0 Å². The molecule has 0 fully saturated rings. The Bertz CT molecular complexity index is 639. The number of para-hydroxylation sites is 1. The Balaban J connectivity index is 2.24. The zero-order valence-electron chi connectivity index (χ0n) is 9.35. The predicted octanol–water partition coefficient (Wildman–Crippen LogP) is 3.10. The first kappa shape index (κ1) is 10.8. The molecule has 3 rings (SSSR count). The van der Waals surface area contributed by atoms with Gasteiger partial charge < -0.3 is 10.4 Å². The molecule has 4 heteroatoms. The van der Waals surface area contributed by atoms with Gasteiger partial charge in [0.2, 0.25) is 0 Å². The third-order valence-electron chi connectivity index (χ3n) is 3.11. The highest BCUT2D eigenvalue weighted by Gasteiger charge is 2.31. The maximum Gasteiger partial charge on any atom is 0.315 e. The summed E-state index contributed by atoms with van der Waals surface area (Å²) in [6.45, 7) is 0. The molecule has 1 atom stereocenters. The molecule has 0 saturated heterocycles. The van der Waals surface area contributed by atoms with E-state index in [2.05, 4.69) is 5.32 Å². The normalized spacial score (nSPS) is 16.4. The van der Waals surface area contributed by atoms with Crippen LogP contribution >= 0.6 is 0 Å². The van der Waals surface area contributed by atoms with Crippen LogP contribution in [0.4, 0.5) is 15.8 Å². The summed E-state index contributed by atoms with van der Waals surface area (Å²) in [5.74, 6) is -2.23. The number of anilines is 2. The summed E-state index contributed by atoms with van der Waals surface area (Å²) in [5.41, 5.74) is 2.51. The van der Waals surface area contributed by atoms with Crippen molar-refractivity contribution >= 4 is 17.3 Å². The molecule has 18 heavy (non-hydrogen) atoms. The summed E-state index contributed by atoms with van der Waals surface area (Å²) in [5, 5.41) is 12.5. The number of rotatable bonds is 1. The van der Waals surface area contributed by atoms with Gasteiger partial charge in [-0.2, -0.15) is 0 Å². The molecule has 1 unspecified atom stereocenters. The lowest BCUT2D eigenvalue weighted by Gasteiger charge is -2.26. The molecule has 3 nitrogen and oxygen atoms in total. The summed E-state index contributed by atoms with van der Waals surface area (Å²) >= 11 is 0. The summed E-state index contributed by atoms with van der Waals surface area (Å²) in [7, 11) is 0. The van der Waals surface area contributed by atoms with Crippen LogP contribution in [0.15, 0.2) is 42.5 Å². The zero-order chi connectivity index (χ0) is 12.7. The average Bonchev–Trinajstić information content (AvgIpc) is 2.35. The number of hydrogen-bond donors (Lipinski definition) is 2. The van der Waals surface area contributed by atoms with Gasteiger partial charge in [-0.3, -0.25) is 4.79 Å². The monoisotopic (exact) mass is 243 g/mol. The molecule has 2 aromatic carbocycles. The second kappa shape index (κ2) is 3.84. The number of hydrogen-bond acceptors (Lipinski definition) is 2. The van der Waals surface area contributed by atoms with Gasteiger partial charge in [-0.05, 0) is 35.4 Å². The third kappa shape index (κ3) is 1.54. The van der Waals surface area contributed by atoms with Gasteiger partial charge in [-0.25, -0.2) is 4.39 Å². The lowest BCUT2D eigenvalue weighted by atomic mass is 9.86. The second-order valence-corrected chi connectivity index (χ2v) is 4.22. The highest BCUT2D eigenvalue weighted by molar-refractivity contribution is 5.89. The molecule has 0 spiro atoms. The number of halogens is 1. The van der Waals surface area contributed by atoms with E-state index < -0.39 is 17.7 Å². The van der Waals surface area contributed by atoms with Crippen molar-refractivity contribution in [1.29, 1.82) is 0 Å². The van der Waals surface area contributed by atoms with Crippen molar-refractivity contribution in [3.8, 4) is 0 Å². The van der Waals surface area contributed by atoms with E-state index in [0.29, 0.717) is 16.8 Å². The van der Waals surface area contributed by atoms with Gasteiger partial charge in [-0.15, -0.1) is 0 Å². The lowest BCUT2D eigenvalue weighted by molar-refractivity contribution is -0.137. The molecule has 2 aromatic rings. The highest BCUT2D eigenvalue weighted by Crippen LogP contribution is 2.41. The minimum absolute atomic E-state index is 0.429. The molecule has 0 aromatic heterocycles. The molecule has 90 valence electrons. The van der Waals surface area contributed by atoms with Crippen LogP contribution in [0.5, 0.6) is 0 Å². The van der Waals surface area contributed by atoms with Gasteiger partial charge in [0.1, 0.15) is 11.7 Å². The second-order valence-electron chi connectivity index (χ2n) is 4.22. The Morgan fingerprint density at radius 2 is 1.83 bits per heavy atom. The van der Waals surface area contributed by atoms with Crippen LogP contribution in [-0.2, 0) is 4.79 Å². The molecule has 0 aliphatic carbocycles. The SMILES string of the molecule is O=C(O)C1c2ccccc2Nc2ccc(F)cc21. The lowest BCUT2D eigenvalue weighted by Crippen LogP contribution is -2.20. The van der Waals surface area contributed by atoms with E-state index >= 15 is 0 Å². The first-order valence-corrected chi connectivity index (χ1v) is 5.55. The van der Waals surface area contributed by atoms with Crippen molar-refractivity contribution in [2.75, 3.05) is 5.32 Å². The molecule has 0 radical (unpaired) electrons. The summed E-state index contributed by atoms with van der Waals surface area (Å²) in [6.07, 6.45) is 0. The Labute approximate surface area is 103 Å². The number of benzene rings is 2. The van der Waals surface area contributed by atoms with Gasteiger partial charge >= 0.3 is 5.97 Å². The largest absolute Gasteiger partial charge is 0.481 e. The molecule has 0 saturated carbocycles. The number of carboxylic acid groups (broad SMARTS) is 1. The molecule has 0 amide bonds. The molecular weight excluding hydrogens is 233 g/mol. The van der Waals surface area contributed by atoms with Gasteiger partial charge in [0, 0.05) is 11.4 Å². The fraction of sp³-hybridized carbons (Fsp3) is 0.0714. The van der Waals surface area contributed by atoms with Crippen molar-refractivity contribution in [3.05, 3.63) is 59.4 Å². The van der Waals surface area contributed by atoms with Crippen molar-refractivity contribution in [2.45, 2.75) is 5.92 Å². The Morgan fingerprint density at radius 1 is 1.11 bits per heavy atom. The molecule has 1 aliphatic rings. The summed E-state index contributed by atoms with van der Waals surface area (Å²) in [6, 6.07) is 11.3. The Hall–Kier alpha value is -2.36. The molecule has 1 aliphatic heterocycles. The number of aliphatic carboxylic acids is 1. The molecular formula is C14H10FNO2. The topological polar surface area (TPSA) is 49.3 Å². The summed E-state index contributed by atoms with van der Waals surface area (Å²) in [4.78, 5) is 11.4. The number of carbonyl (C=O) groups is 1. The number of nitrogens with one attached hydrogen (secondary N) is 1. The van der Waals surface area contributed by atoms with Crippen LogP contribution in [0.2, 0.25) is 0 Å². The molecule has 1 heterocycles. The van der Waals surface area contributed by atoms with Gasteiger partial charge in [0.25, 0.3) is 0 Å². The fourth-order valence-corrected chi connectivity index (χ4v) is 2.33. The van der Waals surface area contributed by atoms with E-state index in [1.807, 2.05) is 12.1 Å². The smallest absolute Gasteiger partial charge is 0.315 e. The van der Waals surface area contributed by atoms with Gasteiger partial charge in [0.05, 0.1) is 0 Å². The minimum Gasteiger partial charge on any atom is -0.481 e. The average molecular weight is 243 g/mol. The van der Waals surface area contributed by atoms with Gasteiger partial charge in [0.15, 0.2) is 0 Å². The highest BCUT2D eigenvalue weighted by atomic mass is 19.1. The van der Waals surface area contributed by atoms with Crippen LogP contribution in [0.3, 0.4) is 0 Å². The first-order valence-electron chi connectivity index (χ1n) is 5.55. The minimum atomic E-state index is -0.976. The van der Waals surface area contributed by atoms with Crippen LogP contribution in [-0.4, -0.2) is 11.1 Å². The Morgan fingerprint density at radius 3 is 2.61 bits per heavy atom. The third-order valence-corrected chi connectivity index (χ3v) is 3.11. The van der Waals surface area contributed by atoms with Crippen molar-refractivity contribution in [3.63, 3.8) is 0 Å². The van der Waals surface area contributed by atoms with E-state index in [9.17, 15) is 14.3 Å². The predicted molar refractivity (Wildman–Crippen MR) is 65.6 cm³/mol. The first-order chi connectivity index (χ1) is 8.66. The zero-order valence-corrected chi connectivity index (χ0v) is 9.35. The fourth-order valence-electron chi connectivity index (χ4n) is 2.33. The summed E-state index contributed by atoms with van der Waals surface area (Å²) < 4.78 is 13.3. The Kier molecular flexibility index (Phi) is 2.30.